The molecule has 1 aromatic rings. The van der Waals surface area contributed by atoms with Crippen molar-refractivity contribution in [2.75, 3.05) is 6.54 Å². The van der Waals surface area contributed by atoms with E-state index in [1.165, 1.54) is 54.2 Å². The van der Waals surface area contributed by atoms with E-state index in [2.05, 4.69) is 51.8 Å². The van der Waals surface area contributed by atoms with Crippen LogP contribution in [0.3, 0.4) is 0 Å². The van der Waals surface area contributed by atoms with Crippen LogP contribution in [0.25, 0.3) is 0 Å². The molecule has 0 radical (unpaired) electrons. The summed E-state index contributed by atoms with van der Waals surface area (Å²) in [6.45, 7) is 2.24. The van der Waals surface area contributed by atoms with Gasteiger partial charge in [0.15, 0.2) is 0 Å². The summed E-state index contributed by atoms with van der Waals surface area (Å²) in [6, 6.07) is 9.50. The fourth-order valence-corrected chi connectivity index (χ4v) is 4.47. The minimum atomic E-state index is -0.0685. The quantitative estimate of drug-likeness (QED) is 0.771. The highest BCUT2D eigenvalue weighted by Gasteiger charge is 2.35. The molecule has 1 saturated carbocycles. The van der Waals surface area contributed by atoms with Crippen molar-refractivity contribution in [3.8, 4) is 0 Å². The van der Waals surface area contributed by atoms with Crippen molar-refractivity contribution in [3.05, 3.63) is 33.4 Å². The topological polar surface area (TPSA) is 23.5 Å². The molecule has 0 amide bonds. The van der Waals surface area contributed by atoms with Crippen molar-refractivity contribution in [3.63, 3.8) is 0 Å². The highest BCUT2D eigenvalue weighted by Crippen LogP contribution is 2.34. The number of aliphatic hydroxyl groups is 1. The summed E-state index contributed by atoms with van der Waals surface area (Å²) in [5.41, 5.74) is 1.41. The van der Waals surface area contributed by atoms with Crippen LogP contribution in [-0.2, 0) is 6.54 Å². The zero-order chi connectivity index (χ0) is 14.7. The summed E-state index contributed by atoms with van der Waals surface area (Å²) in [7, 11) is 0. The third kappa shape index (κ3) is 3.99. The number of aliphatic hydroxyl groups excluding tert-OH is 1. The molecule has 3 heteroatoms. The monoisotopic (exact) mass is 399 g/mol. The average Bonchev–Trinajstić information content (AvgIpc) is 2.51. The van der Waals surface area contributed by atoms with Gasteiger partial charge in [0.05, 0.1) is 6.10 Å². The molecule has 2 fully saturated rings. The molecule has 1 aliphatic carbocycles. The lowest BCUT2D eigenvalue weighted by Crippen LogP contribution is -2.48. The normalized spacial score (nSPS) is 31.2. The molecule has 3 rings (SSSR count). The van der Waals surface area contributed by atoms with Crippen molar-refractivity contribution in [1.29, 1.82) is 0 Å². The van der Waals surface area contributed by atoms with Crippen molar-refractivity contribution in [1.82, 2.24) is 4.90 Å². The smallest absolute Gasteiger partial charge is 0.0583 e. The molecule has 1 heterocycles. The van der Waals surface area contributed by atoms with E-state index in [9.17, 15) is 5.11 Å². The number of benzene rings is 1. The first-order valence-electron chi connectivity index (χ1n) is 8.40. The number of halogens is 1. The second-order valence-corrected chi connectivity index (χ2v) is 7.92. The maximum atomic E-state index is 10.4. The van der Waals surface area contributed by atoms with Crippen LogP contribution in [0.15, 0.2) is 24.3 Å². The second-order valence-electron chi connectivity index (χ2n) is 6.68. The number of hydrogen-bond donors (Lipinski definition) is 1. The zero-order valence-electron chi connectivity index (χ0n) is 12.7. The molecule has 116 valence electrons. The van der Waals surface area contributed by atoms with Crippen LogP contribution in [-0.4, -0.2) is 28.7 Å². The Hall–Kier alpha value is -0.130. The maximum absolute atomic E-state index is 10.4. The first-order valence-corrected chi connectivity index (χ1v) is 9.48. The van der Waals surface area contributed by atoms with Crippen LogP contribution in [0.2, 0.25) is 0 Å². The largest absolute Gasteiger partial charge is 0.393 e. The van der Waals surface area contributed by atoms with Crippen LogP contribution < -0.4 is 0 Å². The molecular weight excluding hydrogens is 373 g/mol. The molecule has 1 N–H and O–H groups in total. The number of rotatable bonds is 3. The second kappa shape index (κ2) is 7.42. The third-order valence-corrected chi connectivity index (χ3v) is 5.96. The van der Waals surface area contributed by atoms with E-state index in [0.29, 0.717) is 12.0 Å². The Morgan fingerprint density at radius 1 is 1.00 bits per heavy atom. The number of likely N-dealkylation sites (tertiary alicyclic amines) is 1. The predicted molar refractivity (Wildman–Crippen MR) is 95.2 cm³/mol. The lowest BCUT2D eigenvalue weighted by Gasteiger charge is -2.43. The Balaban J connectivity index is 1.70. The summed E-state index contributed by atoms with van der Waals surface area (Å²) in [4.78, 5) is 2.64. The van der Waals surface area contributed by atoms with Crippen molar-refractivity contribution >= 4 is 22.6 Å². The average molecular weight is 399 g/mol. The van der Waals surface area contributed by atoms with Gasteiger partial charge in [0.2, 0.25) is 0 Å². The first kappa shape index (κ1) is 15.8. The minimum Gasteiger partial charge on any atom is -0.393 e. The molecule has 1 aliphatic heterocycles. The fourth-order valence-electron chi connectivity index (χ4n) is 4.11. The van der Waals surface area contributed by atoms with Gasteiger partial charge in [0.25, 0.3) is 0 Å². The Kier molecular flexibility index (Phi) is 5.57. The van der Waals surface area contributed by atoms with Gasteiger partial charge >= 0.3 is 0 Å². The lowest BCUT2D eigenvalue weighted by atomic mass is 9.78. The summed E-state index contributed by atoms with van der Waals surface area (Å²) in [5, 5.41) is 10.4. The molecule has 3 unspecified atom stereocenters. The molecule has 0 aromatic heterocycles. The van der Waals surface area contributed by atoms with E-state index in [-0.39, 0.29) is 6.10 Å². The van der Waals surface area contributed by atoms with E-state index in [0.717, 1.165) is 13.0 Å². The molecule has 1 aromatic carbocycles. The predicted octanol–water partition coefficient (Wildman–Crippen LogP) is 4.20. The summed E-state index contributed by atoms with van der Waals surface area (Å²) in [6.07, 6.45) is 8.58. The molecule has 0 bridgehead atoms. The van der Waals surface area contributed by atoms with Gasteiger partial charge in [-0.25, -0.2) is 0 Å². The molecule has 2 aliphatic rings. The number of nitrogens with zero attached hydrogens (tertiary/aromatic N) is 1. The van der Waals surface area contributed by atoms with Gasteiger partial charge in [-0.2, -0.15) is 0 Å². The van der Waals surface area contributed by atoms with Crippen molar-refractivity contribution in [2.24, 2.45) is 5.92 Å². The van der Waals surface area contributed by atoms with Crippen LogP contribution >= 0.6 is 22.6 Å². The summed E-state index contributed by atoms with van der Waals surface area (Å²) in [5.74, 6) is 0.503. The standard InChI is InChI=1S/C18H26INO/c19-15-10-8-14(9-11-15)13-20-12-4-3-6-17(20)16-5-1-2-7-18(16)21/h8-11,16-18,21H,1-7,12-13H2. The molecule has 2 nitrogen and oxygen atoms in total. The zero-order valence-corrected chi connectivity index (χ0v) is 14.8. The lowest BCUT2D eigenvalue weighted by molar-refractivity contribution is -0.00861. The highest BCUT2D eigenvalue weighted by atomic mass is 127. The summed E-state index contributed by atoms with van der Waals surface area (Å²) < 4.78 is 1.30. The number of hydrogen-bond acceptors (Lipinski definition) is 2. The minimum absolute atomic E-state index is 0.0685. The Morgan fingerprint density at radius 2 is 1.71 bits per heavy atom. The van der Waals surface area contributed by atoms with Gasteiger partial charge < -0.3 is 5.11 Å². The van der Waals surface area contributed by atoms with E-state index in [1.807, 2.05) is 0 Å². The fraction of sp³-hybridized carbons (Fsp3) is 0.667. The third-order valence-electron chi connectivity index (χ3n) is 5.24. The molecule has 3 atom stereocenters. The van der Waals surface area contributed by atoms with E-state index >= 15 is 0 Å². The highest BCUT2D eigenvalue weighted by molar-refractivity contribution is 14.1. The van der Waals surface area contributed by atoms with Crippen molar-refractivity contribution < 1.29 is 5.11 Å². The Morgan fingerprint density at radius 3 is 2.48 bits per heavy atom. The van der Waals surface area contributed by atoms with E-state index in [1.54, 1.807) is 0 Å². The van der Waals surface area contributed by atoms with Gasteiger partial charge in [0, 0.05) is 22.1 Å². The van der Waals surface area contributed by atoms with Gasteiger partial charge in [-0.3, -0.25) is 4.90 Å². The van der Waals surface area contributed by atoms with Gasteiger partial charge in [-0.15, -0.1) is 0 Å². The van der Waals surface area contributed by atoms with Gasteiger partial charge in [-0.1, -0.05) is 31.4 Å². The maximum Gasteiger partial charge on any atom is 0.0583 e. The van der Waals surface area contributed by atoms with E-state index in [4.69, 9.17) is 0 Å². The summed E-state index contributed by atoms with van der Waals surface area (Å²) >= 11 is 2.36. The molecule has 1 saturated heterocycles. The van der Waals surface area contributed by atoms with Gasteiger partial charge in [-0.05, 0) is 72.5 Å². The SMILES string of the molecule is OC1CCCCC1C1CCCCN1Cc1ccc(I)cc1. The van der Waals surface area contributed by atoms with Crippen LogP contribution in [0.1, 0.15) is 50.5 Å². The van der Waals surface area contributed by atoms with Gasteiger partial charge in [0.1, 0.15) is 0 Å². The number of piperidine rings is 1. The molecular formula is C18H26INO. The van der Waals surface area contributed by atoms with Crippen LogP contribution in [0.4, 0.5) is 0 Å². The Labute approximate surface area is 142 Å². The van der Waals surface area contributed by atoms with E-state index < -0.39 is 0 Å². The van der Waals surface area contributed by atoms with Crippen LogP contribution in [0, 0.1) is 9.49 Å². The molecule has 0 spiro atoms. The van der Waals surface area contributed by atoms with Crippen LogP contribution in [0.5, 0.6) is 0 Å². The first-order chi connectivity index (χ1) is 10.2. The van der Waals surface area contributed by atoms with Crippen molar-refractivity contribution in [2.45, 2.75) is 63.6 Å². The Bertz CT molecular complexity index is 447. The molecule has 21 heavy (non-hydrogen) atoms.